The van der Waals surface area contributed by atoms with Gasteiger partial charge in [0, 0.05) is 37.8 Å². The lowest BCUT2D eigenvalue weighted by molar-refractivity contribution is -0.124. The molecule has 0 unspecified atom stereocenters. The average Bonchev–Trinajstić information content (AvgIpc) is 3.15. The number of hydrogen-bond acceptors (Lipinski definition) is 5. The van der Waals surface area contributed by atoms with Crippen LogP contribution in [0.25, 0.3) is 0 Å². The maximum Gasteiger partial charge on any atom is 0.258 e. The Labute approximate surface area is 154 Å². The third kappa shape index (κ3) is 5.54. The summed E-state index contributed by atoms with van der Waals surface area (Å²) in [5.74, 6) is 0.509. The molecule has 0 spiro atoms. The van der Waals surface area contributed by atoms with E-state index in [9.17, 15) is 9.59 Å². The van der Waals surface area contributed by atoms with Crippen molar-refractivity contribution in [2.45, 2.75) is 44.8 Å². The number of ether oxygens (including phenoxy) is 2. The van der Waals surface area contributed by atoms with Gasteiger partial charge in [-0.05, 0) is 56.9 Å². The molecular formula is C20H28N2O4. The highest BCUT2D eigenvalue weighted by Gasteiger charge is 2.24. The lowest BCUT2D eigenvalue weighted by Crippen LogP contribution is -2.47. The first-order valence-corrected chi connectivity index (χ1v) is 9.47. The first-order valence-electron chi connectivity index (χ1n) is 9.47. The molecule has 1 aromatic rings. The third-order valence-electron chi connectivity index (χ3n) is 5.07. The zero-order valence-electron chi connectivity index (χ0n) is 15.4. The van der Waals surface area contributed by atoms with Gasteiger partial charge in [-0.15, -0.1) is 0 Å². The standard InChI is InChI=1S/C20H28N2O4/c1-15(23)16-4-6-18(7-5-16)26-14-20(24)21-17-8-10-22(11-9-17)13-19-3-2-12-25-19/h4-7,17,19H,2-3,8-14H2,1H3,(H,21,24)/t19-/m1/s1. The van der Waals surface area contributed by atoms with Crippen LogP contribution in [0.5, 0.6) is 5.75 Å². The predicted octanol–water partition coefficient (Wildman–Crippen LogP) is 2.03. The molecule has 1 N–H and O–H groups in total. The van der Waals surface area contributed by atoms with Crippen LogP contribution in [0, 0.1) is 0 Å². The largest absolute Gasteiger partial charge is 0.484 e. The van der Waals surface area contributed by atoms with E-state index in [0.717, 1.165) is 39.1 Å². The Morgan fingerprint density at radius 2 is 1.92 bits per heavy atom. The number of likely N-dealkylation sites (tertiary alicyclic amines) is 1. The Morgan fingerprint density at radius 1 is 1.19 bits per heavy atom. The van der Waals surface area contributed by atoms with Crippen LogP contribution in [0.15, 0.2) is 24.3 Å². The molecule has 2 heterocycles. The van der Waals surface area contributed by atoms with Crippen molar-refractivity contribution in [3.63, 3.8) is 0 Å². The molecule has 0 aliphatic carbocycles. The summed E-state index contributed by atoms with van der Waals surface area (Å²) < 4.78 is 11.2. The topological polar surface area (TPSA) is 67.9 Å². The normalized spacial score (nSPS) is 21.5. The monoisotopic (exact) mass is 360 g/mol. The number of carbonyl (C=O) groups excluding carboxylic acids is 2. The average molecular weight is 360 g/mol. The van der Waals surface area contributed by atoms with Crippen LogP contribution in [-0.2, 0) is 9.53 Å². The van der Waals surface area contributed by atoms with E-state index in [-0.39, 0.29) is 24.3 Å². The van der Waals surface area contributed by atoms with Gasteiger partial charge < -0.3 is 19.7 Å². The smallest absolute Gasteiger partial charge is 0.258 e. The first-order chi connectivity index (χ1) is 12.6. The summed E-state index contributed by atoms with van der Waals surface area (Å²) in [6.07, 6.45) is 4.66. The number of carbonyl (C=O) groups is 2. The van der Waals surface area contributed by atoms with Gasteiger partial charge in [0.15, 0.2) is 12.4 Å². The van der Waals surface area contributed by atoms with Crippen LogP contribution < -0.4 is 10.1 Å². The van der Waals surface area contributed by atoms with E-state index in [4.69, 9.17) is 9.47 Å². The molecule has 142 valence electrons. The molecule has 0 saturated carbocycles. The number of piperidine rings is 1. The van der Waals surface area contributed by atoms with Gasteiger partial charge in [-0.1, -0.05) is 0 Å². The highest BCUT2D eigenvalue weighted by atomic mass is 16.5. The van der Waals surface area contributed by atoms with Crippen LogP contribution in [-0.4, -0.2) is 61.6 Å². The van der Waals surface area contributed by atoms with Crippen LogP contribution in [0.3, 0.4) is 0 Å². The second kappa shape index (κ2) is 9.14. The molecule has 1 amide bonds. The minimum atomic E-state index is -0.0989. The van der Waals surface area contributed by atoms with E-state index in [1.54, 1.807) is 24.3 Å². The van der Waals surface area contributed by atoms with Crippen LogP contribution in [0.1, 0.15) is 43.0 Å². The van der Waals surface area contributed by atoms with Crippen molar-refractivity contribution in [1.82, 2.24) is 10.2 Å². The molecule has 6 nitrogen and oxygen atoms in total. The highest BCUT2D eigenvalue weighted by Crippen LogP contribution is 2.17. The fourth-order valence-corrected chi connectivity index (χ4v) is 3.54. The Kier molecular flexibility index (Phi) is 6.63. The number of hydrogen-bond donors (Lipinski definition) is 1. The summed E-state index contributed by atoms with van der Waals surface area (Å²) >= 11 is 0. The number of Topliss-reactive ketones (excluding diaryl/α,β-unsaturated/α-hetero) is 1. The second-order valence-corrected chi connectivity index (χ2v) is 7.15. The Hall–Kier alpha value is -1.92. The molecular weight excluding hydrogens is 332 g/mol. The van der Waals surface area contributed by atoms with Crippen molar-refractivity contribution < 1.29 is 19.1 Å². The van der Waals surface area contributed by atoms with E-state index >= 15 is 0 Å². The molecule has 2 fully saturated rings. The van der Waals surface area contributed by atoms with Gasteiger partial charge in [0.2, 0.25) is 0 Å². The van der Waals surface area contributed by atoms with Crippen LogP contribution in [0.2, 0.25) is 0 Å². The number of ketones is 1. The molecule has 0 bridgehead atoms. The lowest BCUT2D eigenvalue weighted by atomic mass is 10.0. The maximum atomic E-state index is 12.1. The SMILES string of the molecule is CC(=O)c1ccc(OCC(=O)NC2CCN(C[C@H]3CCCO3)CC2)cc1. The summed E-state index contributed by atoms with van der Waals surface area (Å²) in [6, 6.07) is 7.06. The van der Waals surface area contributed by atoms with Crippen molar-refractivity contribution in [1.29, 1.82) is 0 Å². The van der Waals surface area contributed by atoms with Gasteiger partial charge in [-0.3, -0.25) is 9.59 Å². The fourth-order valence-electron chi connectivity index (χ4n) is 3.54. The van der Waals surface area contributed by atoms with Crippen molar-refractivity contribution >= 4 is 11.7 Å². The number of nitrogens with one attached hydrogen (secondary N) is 1. The Bertz CT molecular complexity index is 603. The van der Waals surface area contributed by atoms with Crippen molar-refractivity contribution in [2.24, 2.45) is 0 Å². The number of rotatable bonds is 7. The van der Waals surface area contributed by atoms with E-state index in [2.05, 4.69) is 10.2 Å². The number of nitrogens with zero attached hydrogens (tertiary/aromatic N) is 1. The van der Waals surface area contributed by atoms with Gasteiger partial charge in [0.1, 0.15) is 5.75 Å². The summed E-state index contributed by atoms with van der Waals surface area (Å²) in [6.45, 7) is 5.43. The van der Waals surface area contributed by atoms with Gasteiger partial charge >= 0.3 is 0 Å². The Balaban J connectivity index is 1.34. The predicted molar refractivity (Wildman–Crippen MR) is 98.5 cm³/mol. The molecule has 6 heteroatoms. The molecule has 2 aliphatic heterocycles. The molecule has 0 radical (unpaired) electrons. The zero-order chi connectivity index (χ0) is 18.4. The molecule has 26 heavy (non-hydrogen) atoms. The second-order valence-electron chi connectivity index (χ2n) is 7.15. The summed E-state index contributed by atoms with van der Waals surface area (Å²) in [7, 11) is 0. The van der Waals surface area contributed by atoms with Gasteiger partial charge in [-0.25, -0.2) is 0 Å². The highest BCUT2D eigenvalue weighted by molar-refractivity contribution is 5.94. The number of benzene rings is 1. The maximum absolute atomic E-state index is 12.1. The van der Waals surface area contributed by atoms with E-state index < -0.39 is 0 Å². The van der Waals surface area contributed by atoms with Gasteiger partial charge in [0.05, 0.1) is 6.10 Å². The van der Waals surface area contributed by atoms with Crippen molar-refractivity contribution in [2.75, 3.05) is 32.8 Å². The van der Waals surface area contributed by atoms with E-state index in [1.165, 1.54) is 19.8 Å². The summed E-state index contributed by atoms with van der Waals surface area (Å²) in [5.41, 5.74) is 0.636. The Morgan fingerprint density at radius 3 is 2.54 bits per heavy atom. The third-order valence-corrected chi connectivity index (χ3v) is 5.07. The lowest BCUT2D eigenvalue weighted by Gasteiger charge is -2.33. The molecule has 2 saturated heterocycles. The quantitative estimate of drug-likeness (QED) is 0.754. The minimum absolute atomic E-state index is 0.00442. The van der Waals surface area contributed by atoms with E-state index in [0.29, 0.717) is 17.4 Å². The summed E-state index contributed by atoms with van der Waals surface area (Å²) in [5, 5.41) is 3.06. The molecule has 1 aromatic carbocycles. The van der Waals surface area contributed by atoms with Crippen molar-refractivity contribution in [3.8, 4) is 5.75 Å². The zero-order valence-corrected chi connectivity index (χ0v) is 15.4. The van der Waals surface area contributed by atoms with Gasteiger partial charge in [0.25, 0.3) is 5.91 Å². The molecule has 2 aliphatic rings. The van der Waals surface area contributed by atoms with Crippen LogP contribution >= 0.6 is 0 Å². The summed E-state index contributed by atoms with van der Waals surface area (Å²) in [4.78, 5) is 25.8. The fraction of sp³-hybridized carbons (Fsp3) is 0.600. The molecule has 1 atom stereocenters. The number of amides is 1. The first kappa shape index (κ1) is 18.9. The van der Waals surface area contributed by atoms with Crippen molar-refractivity contribution in [3.05, 3.63) is 29.8 Å². The minimum Gasteiger partial charge on any atom is -0.484 e. The molecule has 0 aromatic heterocycles. The van der Waals surface area contributed by atoms with E-state index in [1.807, 2.05) is 0 Å². The van der Waals surface area contributed by atoms with Gasteiger partial charge in [-0.2, -0.15) is 0 Å². The molecule has 3 rings (SSSR count). The van der Waals surface area contributed by atoms with Crippen LogP contribution in [0.4, 0.5) is 0 Å².